The van der Waals surface area contributed by atoms with Crippen LogP contribution in [0.3, 0.4) is 0 Å². The second-order valence-electron chi connectivity index (χ2n) is 4.34. The lowest BCUT2D eigenvalue weighted by Crippen LogP contribution is -2.49. The van der Waals surface area contributed by atoms with E-state index in [0.717, 1.165) is 26.2 Å². The molecular weight excluding hydrogens is 280 g/mol. The molecular formula is C13H17BrN2O. The SMILES string of the molecule is Cc1cccc(N2CCN(C(=O)CBr)CC2)c1. The van der Waals surface area contributed by atoms with Crippen molar-refractivity contribution in [1.29, 1.82) is 0 Å². The Morgan fingerprint density at radius 1 is 1.29 bits per heavy atom. The zero-order valence-electron chi connectivity index (χ0n) is 10.0. The fourth-order valence-electron chi connectivity index (χ4n) is 2.12. The summed E-state index contributed by atoms with van der Waals surface area (Å²) in [6, 6.07) is 8.52. The van der Waals surface area contributed by atoms with Gasteiger partial charge in [-0.25, -0.2) is 0 Å². The minimum Gasteiger partial charge on any atom is -0.368 e. The average Bonchev–Trinajstić information content (AvgIpc) is 2.38. The molecule has 1 fully saturated rings. The van der Waals surface area contributed by atoms with Gasteiger partial charge in [0.05, 0.1) is 5.33 Å². The summed E-state index contributed by atoms with van der Waals surface area (Å²) in [4.78, 5) is 15.8. The van der Waals surface area contributed by atoms with Crippen molar-refractivity contribution in [3.8, 4) is 0 Å². The summed E-state index contributed by atoms with van der Waals surface area (Å²) < 4.78 is 0. The van der Waals surface area contributed by atoms with Gasteiger partial charge in [-0.1, -0.05) is 28.1 Å². The highest BCUT2D eigenvalue weighted by Gasteiger charge is 2.20. The van der Waals surface area contributed by atoms with Crippen LogP contribution in [0.1, 0.15) is 5.56 Å². The van der Waals surface area contributed by atoms with Crippen molar-refractivity contribution in [2.24, 2.45) is 0 Å². The molecule has 3 nitrogen and oxygen atoms in total. The molecule has 0 aliphatic carbocycles. The van der Waals surface area contributed by atoms with E-state index in [-0.39, 0.29) is 5.91 Å². The Morgan fingerprint density at radius 2 is 2.00 bits per heavy atom. The van der Waals surface area contributed by atoms with E-state index < -0.39 is 0 Å². The Balaban J connectivity index is 1.97. The molecule has 0 saturated carbocycles. The summed E-state index contributed by atoms with van der Waals surface area (Å²) >= 11 is 3.22. The summed E-state index contributed by atoms with van der Waals surface area (Å²) in [5.41, 5.74) is 2.54. The molecule has 1 aromatic carbocycles. The predicted octanol–water partition coefficient (Wildman–Crippen LogP) is 2.04. The van der Waals surface area contributed by atoms with E-state index in [0.29, 0.717) is 5.33 Å². The maximum atomic E-state index is 11.5. The highest BCUT2D eigenvalue weighted by molar-refractivity contribution is 9.09. The monoisotopic (exact) mass is 296 g/mol. The van der Waals surface area contributed by atoms with Crippen LogP contribution in [0.25, 0.3) is 0 Å². The normalized spacial score (nSPS) is 16.1. The largest absolute Gasteiger partial charge is 0.368 e. The minimum absolute atomic E-state index is 0.189. The summed E-state index contributed by atoms with van der Waals surface area (Å²) in [7, 11) is 0. The van der Waals surface area contributed by atoms with Gasteiger partial charge in [0.15, 0.2) is 0 Å². The number of aryl methyl sites for hydroxylation is 1. The molecule has 17 heavy (non-hydrogen) atoms. The summed E-state index contributed by atoms with van der Waals surface area (Å²) in [6.07, 6.45) is 0. The molecule has 1 heterocycles. The number of halogens is 1. The van der Waals surface area contributed by atoms with E-state index >= 15 is 0 Å². The number of hydrogen-bond donors (Lipinski definition) is 0. The molecule has 0 aromatic heterocycles. The first kappa shape index (κ1) is 12.4. The van der Waals surface area contributed by atoms with E-state index in [2.05, 4.69) is 52.0 Å². The van der Waals surface area contributed by atoms with Gasteiger partial charge in [-0.15, -0.1) is 0 Å². The van der Waals surface area contributed by atoms with E-state index in [1.165, 1.54) is 11.3 Å². The maximum absolute atomic E-state index is 11.5. The molecule has 0 N–H and O–H groups in total. The smallest absolute Gasteiger partial charge is 0.233 e. The molecule has 1 amide bonds. The van der Waals surface area contributed by atoms with E-state index in [9.17, 15) is 4.79 Å². The van der Waals surface area contributed by atoms with Crippen LogP contribution in [0.15, 0.2) is 24.3 Å². The molecule has 1 saturated heterocycles. The highest BCUT2D eigenvalue weighted by Crippen LogP contribution is 2.17. The van der Waals surface area contributed by atoms with Crippen molar-refractivity contribution < 1.29 is 4.79 Å². The van der Waals surface area contributed by atoms with Crippen molar-refractivity contribution in [2.75, 3.05) is 36.4 Å². The number of anilines is 1. The van der Waals surface area contributed by atoms with E-state index in [1.807, 2.05) is 4.90 Å². The van der Waals surface area contributed by atoms with Gasteiger partial charge in [-0.3, -0.25) is 4.79 Å². The van der Waals surface area contributed by atoms with Gasteiger partial charge in [0.25, 0.3) is 0 Å². The molecule has 1 aliphatic heterocycles. The minimum atomic E-state index is 0.189. The molecule has 0 bridgehead atoms. The molecule has 4 heteroatoms. The lowest BCUT2D eigenvalue weighted by molar-refractivity contribution is -0.128. The molecule has 0 unspecified atom stereocenters. The number of carbonyl (C=O) groups excluding carboxylic acids is 1. The third kappa shape index (κ3) is 3.00. The van der Waals surface area contributed by atoms with Crippen molar-refractivity contribution >= 4 is 27.5 Å². The van der Waals surface area contributed by atoms with E-state index in [1.54, 1.807) is 0 Å². The number of carbonyl (C=O) groups is 1. The van der Waals surface area contributed by atoms with Crippen molar-refractivity contribution in [2.45, 2.75) is 6.92 Å². The number of hydrogen-bond acceptors (Lipinski definition) is 2. The number of piperazine rings is 1. The zero-order chi connectivity index (χ0) is 12.3. The molecule has 1 aliphatic rings. The predicted molar refractivity (Wildman–Crippen MR) is 73.8 cm³/mol. The summed E-state index contributed by atoms with van der Waals surface area (Å²) in [5, 5.41) is 0.428. The van der Waals surface area contributed by atoms with Gasteiger partial charge in [0.1, 0.15) is 0 Å². The van der Waals surface area contributed by atoms with Gasteiger partial charge in [0.2, 0.25) is 5.91 Å². The number of alkyl halides is 1. The lowest BCUT2D eigenvalue weighted by Gasteiger charge is -2.36. The molecule has 1 aromatic rings. The van der Waals surface area contributed by atoms with Crippen LogP contribution in [0, 0.1) is 6.92 Å². The first-order valence-electron chi connectivity index (χ1n) is 5.86. The van der Waals surface area contributed by atoms with Crippen LogP contribution in [-0.4, -0.2) is 42.3 Å². The third-order valence-corrected chi connectivity index (χ3v) is 3.59. The van der Waals surface area contributed by atoms with Crippen LogP contribution >= 0.6 is 15.9 Å². The number of nitrogens with zero attached hydrogens (tertiary/aromatic N) is 2. The molecule has 0 spiro atoms. The Labute approximate surface area is 111 Å². The second kappa shape index (κ2) is 5.54. The molecule has 0 radical (unpaired) electrons. The van der Waals surface area contributed by atoms with Crippen molar-refractivity contribution in [3.63, 3.8) is 0 Å². The van der Waals surface area contributed by atoms with Gasteiger partial charge >= 0.3 is 0 Å². The molecule has 92 valence electrons. The van der Waals surface area contributed by atoms with Crippen molar-refractivity contribution in [1.82, 2.24) is 4.90 Å². The maximum Gasteiger partial charge on any atom is 0.233 e. The Bertz CT molecular complexity index is 400. The number of amides is 1. The first-order valence-corrected chi connectivity index (χ1v) is 6.98. The second-order valence-corrected chi connectivity index (χ2v) is 4.90. The molecule has 0 atom stereocenters. The summed E-state index contributed by atoms with van der Waals surface area (Å²) in [6.45, 7) is 5.58. The van der Waals surface area contributed by atoms with Crippen LogP contribution in [-0.2, 0) is 4.79 Å². The standard InChI is InChI=1S/C13H17BrN2O/c1-11-3-2-4-12(9-11)15-5-7-16(8-6-15)13(17)10-14/h2-4,9H,5-8,10H2,1H3. The van der Waals surface area contributed by atoms with Gasteiger partial charge in [0, 0.05) is 31.9 Å². The first-order chi connectivity index (χ1) is 8.20. The van der Waals surface area contributed by atoms with Crippen molar-refractivity contribution in [3.05, 3.63) is 29.8 Å². The van der Waals surface area contributed by atoms with Crippen LogP contribution in [0.5, 0.6) is 0 Å². The zero-order valence-corrected chi connectivity index (χ0v) is 11.6. The Hall–Kier alpha value is -1.03. The van der Waals surface area contributed by atoms with Gasteiger partial charge < -0.3 is 9.80 Å². The third-order valence-electron chi connectivity index (χ3n) is 3.11. The Kier molecular flexibility index (Phi) is 4.05. The van der Waals surface area contributed by atoms with Gasteiger partial charge in [-0.05, 0) is 24.6 Å². The van der Waals surface area contributed by atoms with Crippen LogP contribution in [0.4, 0.5) is 5.69 Å². The fraction of sp³-hybridized carbons (Fsp3) is 0.462. The lowest BCUT2D eigenvalue weighted by atomic mass is 10.2. The quantitative estimate of drug-likeness (QED) is 0.780. The average molecular weight is 297 g/mol. The number of benzene rings is 1. The van der Waals surface area contributed by atoms with Crippen LogP contribution < -0.4 is 4.90 Å². The molecule has 2 rings (SSSR count). The van der Waals surface area contributed by atoms with Crippen LogP contribution in [0.2, 0.25) is 0 Å². The highest BCUT2D eigenvalue weighted by atomic mass is 79.9. The Morgan fingerprint density at radius 3 is 2.59 bits per heavy atom. The number of rotatable bonds is 2. The summed E-state index contributed by atoms with van der Waals surface area (Å²) in [5.74, 6) is 0.189. The van der Waals surface area contributed by atoms with Gasteiger partial charge in [-0.2, -0.15) is 0 Å². The topological polar surface area (TPSA) is 23.6 Å². The van der Waals surface area contributed by atoms with E-state index in [4.69, 9.17) is 0 Å². The fourth-order valence-corrected chi connectivity index (χ4v) is 2.48.